The SMILES string of the molecule is BO.BO.c1cn[nH]c1.c1cn[nH]c1.c1cn[nH]c1.c1cn[nH]c1.c1cn[nH]c1.c1cn[nH]c1.c1cn[nH]c1.c1cn[nH]c1.c1cn[nH]c1.c1cn[nH]c1.c1cn[nH]c1. The van der Waals surface area contributed by atoms with Gasteiger partial charge in [0.05, 0.1) is 0 Å². The maximum Gasteiger partial charge on any atom is 0.252 e. The fraction of sp³-hybridized carbons (Fsp3) is 0. The average Bonchev–Trinajstić information content (AvgIpc) is 4.18. The predicted molar refractivity (Wildman–Crippen MR) is 226 cm³/mol. The molecule has 0 atom stereocenters. The van der Waals surface area contributed by atoms with Gasteiger partial charge >= 0.3 is 0 Å². The van der Waals surface area contributed by atoms with E-state index in [1.807, 2.05) is 66.7 Å². The first-order valence-corrected chi connectivity index (χ1v) is 16.7. The van der Waals surface area contributed by atoms with Crippen LogP contribution in [-0.2, 0) is 0 Å². The normalized spacial score (nSPS) is 7.63. The summed E-state index contributed by atoms with van der Waals surface area (Å²) in [5.74, 6) is 0. The Morgan fingerprint density at radius 3 is 0.288 bits per heavy atom. The number of H-pyrrole nitrogens is 11. The Hall–Kier alpha value is -8.64. The molecule has 11 rings (SSSR count). The fourth-order valence-electron chi connectivity index (χ4n) is 2.37. The van der Waals surface area contributed by atoms with Crippen molar-refractivity contribution in [1.82, 2.24) is 112 Å². The second-order valence-corrected chi connectivity index (χ2v) is 8.43. The molecule has 59 heavy (non-hydrogen) atoms. The van der Waals surface area contributed by atoms with E-state index < -0.39 is 0 Å². The van der Waals surface area contributed by atoms with Gasteiger partial charge in [-0.3, -0.25) is 56.1 Å². The number of nitrogens with one attached hydrogen (secondary N) is 11. The van der Waals surface area contributed by atoms with E-state index in [1.165, 1.54) is 0 Å². The lowest BCUT2D eigenvalue weighted by atomic mass is 10.6. The lowest BCUT2D eigenvalue weighted by Crippen LogP contribution is -1.53. The van der Waals surface area contributed by atoms with Crippen molar-refractivity contribution in [3.63, 3.8) is 0 Å². The molecular weight excluding hydrogens is 758 g/mol. The Morgan fingerprint density at radius 2 is 0.271 bits per heavy atom. The summed E-state index contributed by atoms with van der Waals surface area (Å²) >= 11 is 0. The number of hydrogen-bond donors (Lipinski definition) is 13. The Kier molecular flexibility index (Phi) is 47.8. The van der Waals surface area contributed by atoms with Crippen molar-refractivity contribution in [2.75, 3.05) is 0 Å². The van der Waals surface area contributed by atoms with E-state index >= 15 is 0 Å². The van der Waals surface area contributed by atoms with Gasteiger partial charge in [0.1, 0.15) is 0 Å². The molecule has 0 aromatic carbocycles. The quantitative estimate of drug-likeness (QED) is 0.0969. The van der Waals surface area contributed by atoms with E-state index in [1.54, 1.807) is 136 Å². The minimum absolute atomic E-state index is 1.00. The van der Waals surface area contributed by atoms with Crippen molar-refractivity contribution >= 4 is 16.1 Å². The molecule has 310 valence electrons. The molecule has 0 fully saturated rings. The molecule has 0 saturated carbocycles. The summed E-state index contributed by atoms with van der Waals surface area (Å²) < 4.78 is 0. The van der Waals surface area contributed by atoms with Gasteiger partial charge in [0.2, 0.25) is 0 Å². The average molecular weight is 809 g/mol. The minimum atomic E-state index is 1.00. The molecule has 0 aliphatic rings. The van der Waals surface area contributed by atoms with Gasteiger partial charge in [-0.25, -0.2) is 0 Å². The van der Waals surface area contributed by atoms with Crippen LogP contribution < -0.4 is 0 Å². The maximum absolute atomic E-state index is 7.00. The molecule has 0 saturated heterocycles. The molecule has 0 bridgehead atoms. The van der Waals surface area contributed by atoms with Gasteiger partial charge in [0, 0.05) is 136 Å². The molecule has 11 heterocycles. The zero-order valence-electron chi connectivity index (χ0n) is 32.4. The van der Waals surface area contributed by atoms with E-state index in [2.05, 4.69) is 112 Å². The molecule has 0 aliphatic heterocycles. The Morgan fingerprint density at radius 1 is 0.186 bits per heavy atom. The van der Waals surface area contributed by atoms with Crippen LogP contribution in [0.4, 0.5) is 0 Å². The molecule has 0 aliphatic carbocycles. The van der Waals surface area contributed by atoms with Crippen molar-refractivity contribution in [3.05, 3.63) is 203 Å². The van der Waals surface area contributed by atoms with E-state index in [0.29, 0.717) is 0 Å². The first-order chi connectivity index (χ1) is 29.5. The summed E-state index contributed by atoms with van der Waals surface area (Å²) in [4.78, 5) is 0. The molecule has 13 N–H and O–H groups in total. The molecule has 0 radical (unpaired) electrons. The Bertz CT molecular complexity index is 1200. The van der Waals surface area contributed by atoms with Crippen LogP contribution >= 0.6 is 0 Å². The third-order valence-electron chi connectivity index (χ3n) is 4.46. The highest BCUT2D eigenvalue weighted by Gasteiger charge is 1.61. The topological polar surface area (TPSA) is 356 Å². The standard InChI is InChI=1S/11C3H4N2.2BH3O/c11*1-2-4-5-3-1;2*1-2/h11*1-3H,(H,4,5);2*2H,1H2. The van der Waals surface area contributed by atoms with Crippen molar-refractivity contribution in [2.45, 2.75) is 0 Å². The van der Waals surface area contributed by atoms with Gasteiger partial charge in [-0.1, -0.05) is 0 Å². The summed E-state index contributed by atoms with van der Waals surface area (Å²) in [6.45, 7) is 0. The lowest BCUT2D eigenvalue weighted by molar-refractivity contribution is 0.628. The third kappa shape index (κ3) is 51.5. The highest BCUT2D eigenvalue weighted by Crippen LogP contribution is 1.69. The van der Waals surface area contributed by atoms with Crippen LogP contribution in [0.3, 0.4) is 0 Å². The number of rotatable bonds is 0. The number of aromatic amines is 11. The van der Waals surface area contributed by atoms with Gasteiger partial charge in [-0.05, 0) is 66.7 Å². The molecule has 26 heteroatoms. The zero-order valence-corrected chi connectivity index (χ0v) is 32.4. The van der Waals surface area contributed by atoms with Gasteiger partial charge in [0.25, 0.3) is 16.1 Å². The van der Waals surface area contributed by atoms with E-state index in [9.17, 15) is 0 Å². The summed E-state index contributed by atoms with van der Waals surface area (Å²) in [7, 11) is 2.00. The Balaban J connectivity index is 0. The molecule has 0 spiro atoms. The van der Waals surface area contributed by atoms with E-state index in [4.69, 9.17) is 10.0 Å². The van der Waals surface area contributed by atoms with Gasteiger partial charge in [-0.15, -0.1) is 0 Å². The highest BCUT2D eigenvalue weighted by molar-refractivity contribution is 5.95. The molecule has 0 unspecified atom stereocenters. The van der Waals surface area contributed by atoms with Crippen LogP contribution in [0.1, 0.15) is 0 Å². The summed E-state index contributed by atoms with van der Waals surface area (Å²) in [6.07, 6.45) is 38.0. The molecule has 0 amide bonds. The van der Waals surface area contributed by atoms with E-state index in [0.717, 1.165) is 16.1 Å². The first kappa shape index (κ1) is 52.5. The van der Waals surface area contributed by atoms with Gasteiger partial charge < -0.3 is 10.0 Å². The smallest absolute Gasteiger partial charge is 0.252 e. The first-order valence-electron chi connectivity index (χ1n) is 16.7. The molecular formula is C33H50B2N22O2. The van der Waals surface area contributed by atoms with Gasteiger partial charge in [0.15, 0.2) is 0 Å². The van der Waals surface area contributed by atoms with Crippen LogP contribution in [0.5, 0.6) is 0 Å². The number of aromatic nitrogens is 22. The minimum Gasteiger partial charge on any atom is -0.458 e. The van der Waals surface area contributed by atoms with Crippen LogP contribution in [0.15, 0.2) is 203 Å². The van der Waals surface area contributed by atoms with Crippen molar-refractivity contribution in [1.29, 1.82) is 0 Å². The highest BCUT2D eigenvalue weighted by atomic mass is 16.2. The summed E-state index contributed by atoms with van der Waals surface area (Å²) in [5, 5.41) is 82.3. The van der Waals surface area contributed by atoms with Crippen molar-refractivity contribution in [3.8, 4) is 0 Å². The second kappa shape index (κ2) is 53.7. The van der Waals surface area contributed by atoms with Crippen LogP contribution in [0, 0.1) is 0 Å². The second-order valence-electron chi connectivity index (χ2n) is 8.43. The number of nitrogens with zero attached hydrogens (tertiary/aromatic N) is 11. The summed E-state index contributed by atoms with van der Waals surface area (Å²) in [6, 6.07) is 20.2. The zero-order chi connectivity index (χ0) is 42.9. The van der Waals surface area contributed by atoms with Crippen LogP contribution in [0.25, 0.3) is 0 Å². The maximum atomic E-state index is 7.00. The predicted octanol–water partition coefficient (Wildman–Crippen LogP) is 1.56. The van der Waals surface area contributed by atoms with Crippen LogP contribution in [-0.4, -0.2) is 138 Å². The largest absolute Gasteiger partial charge is 0.458 e. The molecule has 11 aromatic rings. The summed E-state index contributed by atoms with van der Waals surface area (Å²) in [5.41, 5.74) is 0. The molecule has 24 nitrogen and oxygen atoms in total. The van der Waals surface area contributed by atoms with Crippen LogP contribution in [0.2, 0.25) is 0 Å². The van der Waals surface area contributed by atoms with Gasteiger partial charge in [-0.2, -0.15) is 56.1 Å². The van der Waals surface area contributed by atoms with Crippen molar-refractivity contribution < 1.29 is 10.0 Å². The van der Waals surface area contributed by atoms with Crippen molar-refractivity contribution in [2.24, 2.45) is 0 Å². The van der Waals surface area contributed by atoms with E-state index in [-0.39, 0.29) is 0 Å². The Labute approximate surface area is 340 Å². The number of hydrogen-bond acceptors (Lipinski definition) is 13. The third-order valence-corrected chi connectivity index (χ3v) is 4.46. The fourth-order valence-corrected chi connectivity index (χ4v) is 2.37. The monoisotopic (exact) mass is 808 g/mol. The lowest BCUT2D eigenvalue weighted by Gasteiger charge is -1.49. The molecule has 11 aromatic heterocycles.